The zero-order chi connectivity index (χ0) is 15.0. The molecule has 6 heteroatoms. The van der Waals surface area contributed by atoms with Crippen molar-refractivity contribution in [3.05, 3.63) is 64.2 Å². The predicted octanol–water partition coefficient (Wildman–Crippen LogP) is 3.41. The summed E-state index contributed by atoms with van der Waals surface area (Å²) in [7, 11) is 0. The SMILES string of the molecule is O=C1CN=C(c2c(F)cccc2F)c2cc(Cl)ccc2N1. The summed E-state index contributed by atoms with van der Waals surface area (Å²) in [5.41, 5.74) is 0.611. The lowest BCUT2D eigenvalue weighted by atomic mass is 9.99. The van der Waals surface area contributed by atoms with E-state index in [4.69, 9.17) is 11.6 Å². The van der Waals surface area contributed by atoms with Crippen LogP contribution in [0.1, 0.15) is 11.1 Å². The molecule has 0 atom stereocenters. The molecule has 1 N–H and O–H groups in total. The number of benzene rings is 2. The van der Waals surface area contributed by atoms with Gasteiger partial charge in [-0.3, -0.25) is 9.79 Å². The Bertz CT molecular complexity index is 754. The number of nitrogens with zero attached hydrogens (tertiary/aromatic N) is 1. The first-order chi connectivity index (χ1) is 10.1. The summed E-state index contributed by atoms with van der Waals surface area (Å²) < 4.78 is 28.0. The maximum Gasteiger partial charge on any atom is 0.246 e. The molecule has 1 amide bonds. The van der Waals surface area contributed by atoms with Crippen molar-refractivity contribution in [2.24, 2.45) is 4.99 Å². The lowest BCUT2D eigenvalue weighted by Crippen LogP contribution is -2.13. The summed E-state index contributed by atoms with van der Waals surface area (Å²) in [6.07, 6.45) is 0. The summed E-state index contributed by atoms with van der Waals surface area (Å²) in [5.74, 6) is -1.84. The van der Waals surface area contributed by atoms with Crippen LogP contribution >= 0.6 is 11.6 Å². The summed E-state index contributed by atoms with van der Waals surface area (Å²) in [5, 5.41) is 3.01. The maximum absolute atomic E-state index is 14.0. The first-order valence-electron chi connectivity index (χ1n) is 6.15. The van der Waals surface area contributed by atoms with E-state index >= 15 is 0 Å². The third-order valence-electron chi connectivity index (χ3n) is 3.09. The largest absolute Gasteiger partial charge is 0.324 e. The molecular weight excluding hydrogens is 298 g/mol. The Kier molecular flexibility index (Phi) is 3.43. The second kappa shape index (κ2) is 5.26. The molecule has 0 saturated carbocycles. The Morgan fingerprint density at radius 2 is 1.86 bits per heavy atom. The van der Waals surface area contributed by atoms with Gasteiger partial charge in [0.05, 0.1) is 17.0 Å². The number of fused-ring (bicyclic) bond motifs is 1. The Hall–Kier alpha value is -2.27. The Balaban J connectivity index is 2.28. The van der Waals surface area contributed by atoms with E-state index in [1.807, 2.05) is 0 Å². The van der Waals surface area contributed by atoms with Gasteiger partial charge in [-0.05, 0) is 30.3 Å². The average molecular weight is 307 g/mol. The minimum absolute atomic E-state index is 0.0708. The topological polar surface area (TPSA) is 41.5 Å². The maximum atomic E-state index is 14.0. The number of hydrogen-bond donors (Lipinski definition) is 1. The molecule has 3 nitrogen and oxygen atoms in total. The molecule has 0 aliphatic carbocycles. The van der Waals surface area contributed by atoms with Gasteiger partial charge < -0.3 is 5.32 Å². The summed E-state index contributed by atoms with van der Waals surface area (Å²) >= 11 is 5.94. The number of hydrogen-bond acceptors (Lipinski definition) is 2. The molecule has 2 aromatic carbocycles. The fourth-order valence-corrected chi connectivity index (χ4v) is 2.36. The number of anilines is 1. The van der Waals surface area contributed by atoms with Gasteiger partial charge in [-0.25, -0.2) is 8.78 Å². The van der Waals surface area contributed by atoms with Crippen LogP contribution < -0.4 is 5.32 Å². The number of amides is 1. The second-order valence-corrected chi connectivity index (χ2v) is 4.94. The van der Waals surface area contributed by atoms with Crippen molar-refractivity contribution in [2.75, 3.05) is 11.9 Å². The van der Waals surface area contributed by atoms with Gasteiger partial charge >= 0.3 is 0 Å². The van der Waals surface area contributed by atoms with E-state index in [2.05, 4.69) is 10.3 Å². The number of carbonyl (C=O) groups is 1. The van der Waals surface area contributed by atoms with Gasteiger partial charge in [-0.15, -0.1) is 0 Å². The van der Waals surface area contributed by atoms with Crippen LogP contribution in [0.15, 0.2) is 41.4 Å². The smallest absolute Gasteiger partial charge is 0.246 e. The summed E-state index contributed by atoms with van der Waals surface area (Å²) in [4.78, 5) is 15.7. The van der Waals surface area contributed by atoms with Crippen molar-refractivity contribution < 1.29 is 13.6 Å². The first kappa shape index (κ1) is 13.7. The second-order valence-electron chi connectivity index (χ2n) is 4.50. The lowest BCUT2D eigenvalue weighted by Gasteiger charge is -2.11. The van der Waals surface area contributed by atoms with E-state index in [9.17, 15) is 13.6 Å². The number of benzodiazepines with no additional fused rings is 1. The molecule has 0 spiro atoms. The van der Waals surface area contributed by atoms with E-state index < -0.39 is 11.6 Å². The molecule has 0 aromatic heterocycles. The van der Waals surface area contributed by atoms with E-state index in [-0.39, 0.29) is 23.7 Å². The molecule has 0 saturated heterocycles. The molecule has 106 valence electrons. The molecule has 1 aliphatic heterocycles. The molecule has 0 bridgehead atoms. The normalized spacial score (nSPS) is 14.0. The van der Waals surface area contributed by atoms with Gasteiger partial charge in [0.1, 0.15) is 18.2 Å². The van der Waals surface area contributed by atoms with Crippen LogP contribution in [-0.4, -0.2) is 18.2 Å². The molecule has 0 unspecified atom stereocenters. The van der Waals surface area contributed by atoms with Gasteiger partial charge in [0.15, 0.2) is 0 Å². The van der Waals surface area contributed by atoms with E-state index in [0.29, 0.717) is 16.3 Å². The highest BCUT2D eigenvalue weighted by molar-refractivity contribution is 6.32. The third-order valence-corrected chi connectivity index (χ3v) is 3.33. The van der Waals surface area contributed by atoms with E-state index in [1.54, 1.807) is 12.1 Å². The van der Waals surface area contributed by atoms with Gasteiger partial charge in [-0.1, -0.05) is 17.7 Å². The third kappa shape index (κ3) is 2.52. The van der Waals surface area contributed by atoms with Crippen LogP contribution in [0.25, 0.3) is 0 Å². The number of aliphatic imine (C=N–C) groups is 1. The molecule has 1 heterocycles. The Morgan fingerprint density at radius 1 is 1.14 bits per heavy atom. The molecule has 0 radical (unpaired) electrons. The van der Waals surface area contributed by atoms with E-state index in [0.717, 1.165) is 12.1 Å². The Morgan fingerprint density at radius 3 is 2.57 bits per heavy atom. The number of nitrogens with one attached hydrogen (secondary N) is 1. The summed E-state index contributed by atoms with van der Waals surface area (Å²) in [6, 6.07) is 8.24. The fraction of sp³-hybridized carbons (Fsp3) is 0.0667. The monoisotopic (exact) mass is 306 g/mol. The van der Waals surface area contributed by atoms with Crippen LogP contribution in [0, 0.1) is 11.6 Å². The van der Waals surface area contributed by atoms with Crippen molar-refractivity contribution in [3.8, 4) is 0 Å². The van der Waals surface area contributed by atoms with Gasteiger partial charge in [0.25, 0.3) is 0 Å². The highest BCUT2D eigenvalue weighted by atomic mass is 35.5. The molecule has 0 fully saturated rings. The first-order valence-corrected chi connectivity index (χ1v) is 6.52. The van der Waals surface area contributed by atoms with E-state index in [1.165, 1.54) is 12.1 Å². The van der Waals surface area contributed by atoms with Crippen LogP contribution in [0.5, 0.6) is 0 Å². The quantitative estimate of drug-likeness (QED) is 0.862. The zero-order valence-electron chi connectivity index (χ0n) is 10.7. The molecule has 21 heavy (non-hydrogen) atoms. The van der Waals surface area contributed by atoms with Crippen molar-refractivity contribution in [1.82, 2.24) is 0 Å². The standard InChI is InChI=1S/C15H9ClF2N2O/c16-8-4-5-12-9(6-8)15(19-7-13(21)20-12)14-10(17)2-1-3-11(14)18/h1-6H,7H2,(H,20,21). The van der Waals surface area contributed by atoms with Crippen LogP contribution in [0.2, 0.25) is 5.02 Å². The van der Waals surface area contributed by atoms with Gasteiger partial charge in [0.2, 0.25) is 5.91 Å². The van der Waals surface area contributed by atoms with Crippen molar-refractivity contribution in [1.29, 1.82) is 0 Å². The van der Waals surface area contributed by atoms with Crippen molar-refractivity contribution in [3.63, 3.8) is 0 Å². The predicted molar refractivity (Wildman–Crippen MR) is 76.9 cm³/mol. The average Bonchev–Trinajstić information content (AvgIpc) is 2.58. The molecule has 3 rings (SSSR count). The van der Waals surface area contributed by atoms with Crippen LogP contribution in [-0.2, 0) is 4.79 Å². The molecule has 1 aliphatic rings. The Labute approximate surface area is 124 Å². The lowest BCUT2D eigenvalue weighted by molar-refractivity contribution is -0.114. The van der Waals surface area contributed by atoms with Gasteiger partial charge in [-0.2, -0.15) is 0 Å². The zero-order valence-corrected chi connectivity index (χ0v) is 11.4. The minimum atomic E-state index is -0.742. The molecular formula is C15H9ClF2N2O. The molecule has 2 aromatic rings. The fourth-order valence-electron chi connectivity index (χ4n) is 2.18. The van der Waals surface area contributed by atoms with Crippen LogP contribution in [0.4, 0.5) is 14.5 Å². The minimum Gasteiger partial charge on any atom is -0.324 e. The van der Waals surface area contributed by atoms with Crippen molar-refractivity contribution >= 4 is 28.9 Å². The number of carbonyl (C=O) groups excluding carboxylic acids is 1. The van der Waals surface area contributed by atoms with Crippen molar-refractivity contribution in [2.45, 2.75) is 0 Å². The highest BCUT2D eigenvalue weighted by Crippen LogP contribution is 2.27. The van der Waals surface area contributed by atoms with Gasteiger partial charge in [0, 0.05) is 10.6 Å². The van der Waals surface area contributed by atoms with Crippen LogP contribution in [0.3, 0.4) is 0 Å². The number of rotatable bonds is 1. The number of halogens is 3. The summed E-state index contributed by atoms with van der Waals surface area (Å²) in [6.45, 7) is -0.213. The highest BCUT2D eigenvalue weighted by Gasteiger charge is 2.23.